The van der Waals surface area contributed by atoms with Gasteiger partial charge in [-0.3, -0.25) is 4.79 Å². The van der Waals surface area contributed by atoms with E-state index < -0.39 is 15.6 Å². The monoisotopic (exact) mass is 202 g/mol. The fourth-order valence-electron chi connectivity index (χ4n) is 1.73. The first-order valence-corrected chi connectivity index (χ1v) is 5.37. The van der Waals surface area contributed by atoms with E-state index in [0.29, 0.717) is 5.25 Å². The lowest BCUT2D eigenvalue weighted by Gasteiger charge is -2.13. The summed E-state index contributed by atoms with van der Waals surface area (Å²) in [5.41, 5.74) is 0. The van der Waals surface area contributed by atoms with E-state index >= 15 is 0 Å². The third-order valence-electron chi connectivity index (χ3n) is 2.56. The molecule has 2 N–H and O–H groups in total. The minimum absolute atomic E-state index is 0.114. The van der Waals surface area contributed by atoms with Crippen LogP contribution in [0, 0.1) is 0 Å². The summed E-state index contributed by atoms with van der Waals surface area (Å²) in [6.45, 7) is 0. The van der Waals surface area contributed by atoms with E-state index in [1.54, 1.807) is 17.8 Å². The molecule has 3 rings (SSSR count). The van der Waals surface area contributed by atoms with Crippen molar-refractivity contribution in [2.24, 2.45) is 0 Å². The highest BCUT2D eigenvalue weighted by molar-refractivity contribution is 8.14. The van der Waals surface area contributed by atoms with Crippen molar-refractivity contribution in [3.8, 4) is 0 Å². The van der Waals surface area contributed by atoms with Crippen LogP contribution >= 0.6 is 23.5 Å². The zero-order chi connectivity index (χ0) is 8.56. The summed E-state index contributed by atoms with van der Waals surface area (Å²) in [5, 5.41) is 19.3. The van der Waals surface area contributed by atoms with Gasteiger partial charge < -0.3 is 10.2 Å². The van der Waals surface area contributed by atoms with E-state index in [4.69, 9.17) is 5.11 Å². The van der Waals surface area contributed by atoms with Crippen LogP contribution < -0.4 is 0 Å². The van der Waals surface area contributed by atoms with Gasteiger partial charge in [-0.2, -0.15) is 0 Å². The quantitative estimate of drug-likeness (QED) is 0.473. The summed E-state index contributed by atoms with van der Waals surface area (Å²) in [7, 11) is 0. The molecule has 2 saturated heterocycles. The Hall–Kier alpha value is -0.130. The lowest BCUT2D eigenvalue weighted by molar-refractivity contribution is -0.139. The molecular weight excluding hydrogens is 196 g/mol. The second kappa shape index (κ2) is 1.71. The molecule has 3 aliphatic rings. The first kappa shape index (κ1) is 7.29. The molecule has 1 aliphatic carbocycles. The molecule has 0 aromatic carbocycles. The molecule has 2 heterocycles. The molecule has 5 heteroatoms. The molecular formula is C7H6O3S2. The molecule has 0 amide bonds. The van der Waals surface area contributed by atoms with Gasteiger partial charge in [-0.1, -0.05) is 23.9 Å². The van der Waals surface area contributed by atoms with E-state index in [-0.39, 0.29) is 5.25 Å². The predicted octanol–water partition coefficient (Wildman–Crippen LogP) is 0.299. The highest BCUT2D eigenvalue weighted by Gasteiger charge is 2.81. The largest absolute Gasteiger partial charge is 0.480 e. The van der Waals surface area contributed by atoms with Crippen LogP contribution in [-0.4, -0.2) is 36.4 Å². The fourth-order valence-corrected chi connectivity index (χ4v) is 4.49. The molecule has 0 spiro atoms. The van der Waals surface area contributed by atoms with Crippen LogP contribution in [0.3, 0.4) is 0 Å². The van der Waals surface area contributed by atoms with Gasteiger partial charge >= 0.3 is 5.97 Å². The van der Waals surface area contributed by atoms with Crippen LogP contribution in [-0.2, 0) is 4.79 Å². The molecule has 0 bridgehead atoms. The van der Waals surface area contributed by atoms with Crippen molar-refractivity contribution >= 4 is 29.5 Å². The van der Waals surface area contributed by atoms with Crippen molar-refractivity contribution in [2.75, 3.05) is 0 Å². The first-order valence-electron chi connectivity index (χ1n) is 3.61. The van der Waals surface area contributed by atoms with Crippen LogP contribution in [0.5, 0.6) is 0 Å². The molecule has 0 aromatic heterocycles. The maximum absolute atomic E-state index is 10.8. The first-order chi connectivity index (χ1) is 5.60. The summed E-state index contributed by atoms with van der Waals surface area (Å²) in [6, 6.07) is 0. The fraction of sp³-hybridized carbons (Fsp3) is 0.571. The van der Waals surface area contributed by atoms with Crippen molar-refractivity contribution in [3.63, 3.8) is 0 Å². The molecule has 2 fully saturated rings. The summed E-state index contributed by atoms with van der Waals surface area (Å²) in [4.78, 5) is 9.83. The molecule has 0 aromatic rings. The molecule has 64 valence electrons. The van der Waals surface area contributed by atoms with Crippen molar-refractivity contribution in [3.05, 3.63) is 12.2 Å². The van der Waals surface area contributed by atoms with Gasteiger partial charge in [0.15, 0.2) is 9.68 Å². The molecule has 3 nitrogen and oxygen atoms in total. The van der Waals surface area contributed by atoms with E-state index in [9.17, 15) is 9.90 Å². The molecule has 12 heavy (non-hydrogen) atoms. The Bertz CT molecular complexity index is 316. The lowest BCUT2D eigenvalue weighted by Crippen LogP contribution is -2.38. The van der Waals surface area contributed by atoms with Gasteiger partial charge in [0.2, 0.25) is 0 Å². The van der Waals surface area contributed by atoms with Crippen LogP contribution in [0.1, 0.15) is 0 Å². The molecule has 4 unspecified atom stereocenters. The zero-order valence-electron chi connectivity index (χ0n) is 5.93. The van der Waals surface area contributed by atoms with Crippen molar-refractivity contribution in [2.45, 2.75) is 20.2 Å². The maximum atomic E-state index is 10.8. The zero-order valence-corrected chi connectivity index (χ0v) is 7.56. The molecule has 2 aliphatic heterocycles. The van der Waals surface area contributed by atoms with Gasteiger partial charge in [-0.05, 0) is 0 Å². The topological polar surface area (TPSA) is 57.5 Å². The summed E-state index contributed by atoms with van der Waals surface area (Å²) < 4.78 is -1.02. The Kier molecular flexibility index (Phi) is 1.04. The molecule has 4 atom stereocenters. The van der Waals surface area contributed by atoms with Crippen LogP contribution in [0.15, 0.2) is 12.2 Å². The Morgan fingerprint density at radius 3 is 3.00 bits per heavy atom. The smallest absolute Gasteiger partial charge is 0.327 e. The highest BCUT2D eigenvalue weighted by Crippen LogP contribution is 2.75. The SMILES string of the molecule is O=C(O)C12C=CC3SC3C1(O)S2. The van der Waals surface area contributed by atoms with E-state index in [2.05, 4.69) is 0 Å². The average Bonchev–Trinajstić information content (AvgIpc) is 2.75. The number of hydrogen-bond acceptors (Lipinski definition) is 4. The third-order valence-corrected chi connectivity index (χ3v) is 5.69. The Balaban J connectivity index is 2.07. The Morgan fingerprint density at radius 1 is 1.58 bits per heavy atom. The normalized spacial score (nSPS) is 58.8. The van der Waals surface area contributed by atoms with Gasteiger partial charge in [0.05, 0.1) is 5.25 Å². The average molecular weight is 202 g/mol. The maximum Gasteiger partial charge on any atom is 0.327 e. The van der Waals surface area contributed by atoms with E-state index in [1.807, 2.05) is 6.08 Å². The van der Waals surface area contributed by atoms with Gasteiger partial charge in [0, 0.05) is 5.25 Å². The minimum Gasteiger partial charge on any atom is -0.480 e. The molecule has 0 radical (unpaired) electrons. The minimum atomic E-state index is -1.02. The van der Waals surface area contributed by atoms with Gasteiger partial charge in [-0.15, -0.1) is 11.8 Å². The highest BCUT2D eigenvalue weighted by atomic mass is 32.2. The Morgan fingerprint density at radius 2 is 2.33 bits per heavy atom. The number of carbonyl (C=O) groups is 1. The standard InChI is InChI=1S/C7H6O3S2/c8-5(9)6-2-1-3-4(11-3)7(6,10)12-6/h1-4,10H,(H,8,9). The van der Waals surface area contributed by atoms with Gasteiger partial charge in [-0.25, -0.2) is 0 Å². The van der Waals surface area contributed by atoms with Crippen LogP contribution in [0.2, 0.25) is 0 Å². The number of carboxylic acids is 1. The van der Waals surface area contributed by atoms with Gasteiger partial charge in [0.1, 0.15) is 0 Å². The number of hydrogen-bond donors (Lipinski definition) is 2. The summed E-state index contributed by atoms with van der Waals surface area (Å²) in [6.07, 6.45) is 3.54. The van der Waals surface area contributed by atoms with Crippen molar-refractivity contribution < 1.29 is 15.0 Å². The van der Waals surface area contributed by atoms with Crippen LogP contribution in [0.25, 0.3) is 0 Å². The summed E-state index contributed by atoms with van der Waals surface area (Å²) in [5.74, 6) is -0.919. The van der Waals surface area contributed by atoms with E-state index in [1.165, 1.54) is 0 Å². The number of carboxylic acid groups (broad SMARTS) is 1. The number of aliphatic hydroxyl groups is 1. The third kappa shape index (κ3) is 0.571. The van der Waals surface area contributed by atoms with Crippen molar-refractivity contribution in [1.29, 1.82) is 0 Å². The number of fused-ring (bicyclic) bond motifs is 3. The number of aliphatic carboxylic acids is 1. The number of thioether (sulfide) groups is 2. The number of rotatable bonds is 1. The van der Waals surface area contributed by atoms with Crippen LogP contribution in [0.4, 0.5) is 0 Å². The van der Waals surface area contributed by atoms with E-state index in [0.717, 1.165) is 11.8 Å². The second-order valence-corrected chi connectivity index (χ2v) is 6.01. The lowest BCUT2D eigenvalue weighted by atomic mass is 9.93. The van der Waals surface area contributed by atoms with Gasteiger partial charge in [0.25, 0.3) is 0 Å². The second-order valence-electron chi connectivity index (χ2n) is 3.22. The predicted molar refractivity (Wildman–Crippen MR) is 47.2 cm³/mol. The summed E-state index contributed by atoms with van der Waals surface area (Å²) >= 11 is 2.80. The van der Waals surface area contributed by atoms with Crippen molar-refractivity contribution in [1.82, 2.24) is 0 Å². The Labute approximate surface area is 77.2 Å². The molecule has 0 saturated carbocycles.